The Morgan fingerprint density at radius 3 is 2.62 bits per heavy atom. The largest absolute Gasteiger partial charge is 0.468 e. The normalized spacial score (nSPS) is 11.3. The van der Waals surface area contributed by atoms with E-state index in [0.717, 1.165) is 17.9 Å². The molecule has 1 aromatic carbocycles. The molecule has 3 aromatic rings. The van der Waals surface area contributed by atoms with Crippen molar-refractivity contribution in [2.24, 2.45) is 0 Å². The summed E-state index contributed by atoms with van der Waals surface area (Å²) in [6.45, 7) is 4.63. The average Bonchev–Trinajstić information content (AvgIpc) is 3.25. The topological polar surface area (TPSA) is 64.5 Å². The van der Waals surface area contributed by atoms with Gasteiger partial charge in [-0.05, 0) is 31.2 Å². The number of ether oxygens (including phenoxy) is 1. The molecule has 0 saturated heterocycles. The number of rotatable bonds is 8. The minimum absolute atomic E-state index is 0.537. The zero-order chi connectivity index (χ0) is 16.8. The first kappa shape index (κ1) is 16.4. The van der Waals surface area contributed by atoms with Crippen LogP contribution in [0.4, 0.5) is 0 Å². The summed E-state index contributed by atoms with van der Waals surface area (Å²) in [7, 11) is 1.69. The van der Waals surface area contributed by atoms with Crippen LogP contribution in [-0.4, -0.2) is 35.4 Å². The summed E-state index contributed by atoms with van der Waals surface area (Å²) in [5.41, 5.74) is 2.12. The summed E-state index contributed by atoms with van der Waals surface area (Å²) in [4.78, 5) is 2.15. The predicted molar refractivity (Wildman–Crippen MR) is 89.2 cm³/mol. The molecule has 0 spiro atoms. The van der Waals surface area contributed by atoms with Crippen molar-refractivity contribution in [3.05, 3.63) is 59.9 Å². The minimum atomic E-state index is 0.537. The van der Waals surface area contributed by atoms with Gasteiger partial charge in [-0.2, -0.15) is 0 Å². The molecule has 0 saturated carbocycles. The molecule has 2 heterocycles. The molecule has 24 heavy (non-hydrogen) atoms. The number of methoxy groups -OCH3 is 1. The molecular formula is C18H21N3O3. The van der Waals surface area contributed by atoms with Crippen molar-refractivity contribution in [1.29, 1.82) is 0 Å². The molecule has 0 N–H and O–H groups in total. The van der Waals surface area contributed by atoms with Crippen LogP contribution in [0.25, 0.3) is 11.5 Å². The first-order chi connectivity index (χ1) is 11.7. The molecule has 6 heteroatoms. The maximum Gasteiger partial charge on any atom is 0.247 e. The first-order valence-electron chi connectivity index (χ1n) is 7.87. The van der Waals surface area contributed by atoms with Gasteiger partial charge < -0.3 is 13.6 Å². The third kappa shape index (κ3) is 4.31. The number of hydrogen-bond acceptors (Lipinski definition) is 6. The van der Waals surface area contributed by atoms with E-state index < -0.39 is 0 Å². The van der Waals surface area contributed by atoms with Crippen LogP contribution in [0.3, 0.4) is 0 Å². The van der Waals surface area contributed by atoms with E-state index in [1.165, 1.54) is 5.56 Å². The molecule has 0 aliphatic rings. The zero-order valence-corrected chi connectivity index (χ0v) is 13.9. The summed E-state index contributed by atoms with van der Waals surface area (Å²) in [6.07, 6.45) is 1.67. The molecule has 0 fully saturated rings. The third-order valence-electron chi connectivity index (χ3n) is 3.70. The predicted octanol–water partition coefficient (Wildman–Crippen LogP) is 3.29. The van der Waals surface area contributed by atoms with Gasteiger partial charge in [-0.1, -0.05) is 17.7 Å². The SMILES string of the molecule is COCCN(Cc1ccco1)Cc1nnc(-c2ccc(C)cc2)o1. The Morgan fingerprint density at radius 1 is 1.08 bits per heavy atom. The summed E-state index contributed by atoms with van der Waals surface area (Å²) >= 11 is 0. The molecule has 2 aromatic heterocycles. The maximum atomic E-state index is 5.80. The van der Waals surface area contributed by atoms with E-state index in [9.17, 15) is 0 Å². The molecule has 0 bridgehead atoms. The lowest BCUT2D eigenvalue weighted by Crippen LogP contribution is -2.26. The van der Waals surface area contributed by atoms with Gasteiger partial charge in [-0.25, -0.2) is 0 Å². The molecule has 0 unspecified atom stereocenters. The van der Waals surface area contributed by atoms with Gasteiger partial charge >= 0.3 is 0 Å². The highest BCUT2D eigenvalue weighted by Crippen LogP contribution is 2.19. The van der Waals surface area contributed by atoms with Crippen LogP contribution in [0.5, 0.6) is 0 Å². The number of benzene rings is 1. The third-order valence-corrected chi connectivity index (χ3v) is 3.70. The second-order valence-corrected chi connectivity index (χ2v) is 5.65. The monoisotopic (exact) mass is 327 g/mol. The van der Waals surface area contributed by atoms with Crippen LogP contribution in [0.2, 0.25) is 0 Å². The number of aromatic nitrogens is 2. The molecule has 6 nitrogen and oxygen atoms in total. The van der Waals surface area contributed by atoms with Crippen molar-refractivity contribution < 1.29 is 13.6 Å². The van der Waals surface area contributed by atoms with E-state index in [1.54, 1.807) is 13.4 Å². The highest BCUT2D eigenvalue weighted by molar-refractivity contribution is 5.52. The Hall–Kier alpha value is -2.44. The van der Waals surface area contributed by atoms with Crippen LogP contribution in [-0.2, 0) is 17.8 Å². The van der Waals surface area contributed by atoms with Crippen molar-refractivity contribution in [3.8, 4) is 11.5 Å². The Morgan fingerprint density at radius 2 is 1.92 bits per heavy atom. The minimum Gasteiger partial charge on any atom is -0.468 e. The summed E-state index contributed by atoms with van der Waals surface area (Å²) in [5, 5.41) is 8.31. The van der Waals surface area contributed by atoms with Crippen molar-refractivity contribution in [2.75, 3.05) is 20.3 Å². The number of aryl methyl sites for hydroxylation is 1. The Labute approximate surface area is 141 Å². The molecular weight excluding hydrogens is 306 g/mol. The number of hydrogen-bond donors (Lipinski definition) is 0. The van der Waals surface area contributed by atoms with Crippen molar-refractivity contribution in [2.45, 2.75) is 20.0 Å². The number of furan rings is 1. The van der Waals surface area contributed by atoms with E-state index in [0.29, 0.717) is 31.5 Å². The Kier molecular flexibility index (Phi) is 5.40. The first-order valence-corrected chi connectivity index (χ1v) is 7.87. The van der Waals surface area contributed by atoms with Gasteiger partial charge in [0.15, 0.2) is 0 Å². The fourth-order valence-corrected chi connectivity index (χ4v) is 2.38. The van der Waals surface area contributed by atoms with Gasteiger partial charge in [-0.3, -0.25) is 4.90 Å². The molecule has 126 valence electrons. The van der Waals surface area contributed by atoms with Crippen LogP contribution in [0.15, 0.2) is 51.5 Å². The van der Waals surface area contributed by atoms with Crippen molar-refractivity contribution >= 4 is 0 Å². The summed E-state index contributed by atoms with van der Waals surface area (Å²) < 4.78 is 16.4. The second-order valence-electron chi connectivity index (χ2n) is 5.65. The molecule has 3 rings (SSSR count). The zero-order valence-electron chi connectivity index (χ0n) is 13.9. The number of nitrogens with zero attached hydrogens (tertiary/aromatic N) is 3. The maximum absolute atomic E-state index is 5.80. The Bertz CT molecular complexity index is 735. The van der Waals surface area contributed by atoms with Crippen molar-refractivity contribution in [1.82, 2.24) is 15.1 Å². The fraction of sp³-hybridized carbons (Fsp3) is 0.333. The van der Waals surface area contributed by atoms with Crippen LogP contribution < -0.4 is 0 Å². The van der Waals surface area contributed by atoms with E-state index in [1.807, 2.05) is 43.3 Å². The van der Waals surface area contributed by atoms with Gasteiger partial charge in [0.1, 0.15) is 5.76 Å². The van der Waals surface area contributed by atoms with Gasteiger partial charge in [0.2, 0.25) is 11.8 Å². The van der Waals surface area contributed by atoms with E-state index in [4.69, 9.17) is 13.6 Å². The van der Waals surface area contributed by atoms with Crippen LogP contribution in [0, 0.1) is 6.92 Å². The molecule has 0 amide bonds. The van der Waals surface area contributed by atoms with Gasteiger partial charge in [0.25, 0.3) is 0 Å². The lowest BCUT2D eigenvalue weighted by Gasteiger charge is -2.18. The molecule has 0 aliphatic carbocycles. The van der Waals surface area contributed by atoms with Gasteiger partial charge in [-0.15, -0.1) is 10.2 Å². The summed E-state index contributed by atoms with van der Waals surface area (Å²) in [6, 6.07) is 11.9. The van der Waals surface area contributed by atoms with Crippen molar-refractivity contribution in [3.63, 3.8) is 0 Å². The average molecular weight is 327 g/mol. The molecule has 0 atom stereocenters. The quantitative estimate of drug-likeness (QED) is 0.632. The highest BCUT2D eigenvalue weighted by atomic mass is 16.5. The summed E-state index contributed by atoms with van der Waals surface area (Å²) in [5.74, 6) is 2.01. The standard InChI is InChI=1S/C18H21N3O3/c1-14-5-7-15(8-6-14)18-20-19-17(24-18)13-21(9-11-22-2)12-16-4-3-10-23-16/h3-8,10H,9,11-13H2,1-2H3. The van der Waals surface area contributed by atoms with Gasteiger partial charge in [0, 0.05) is 19.2 Å². The van der Waals surface area contributed by atoms with Crippen LogP contribution >= 0.6 is 0 Å². The lowest BCUT2D eigenvalue weighted by atomic mass is 10.1. The van der Waals surface area contributed by atoms with Gasteiger partial charge in [0.05, 0.1) is 26.0 Å². The van der Waals surface area contributed by atoms with E-state index in [2.05, 4.69) is 15.1 Å². The molecule has 0 aliphatic heterocycles. The van der Waals surface area contributed by atoms with E-state index >= 15 is 0 Å². The second kappa shape index (κ2) is 7.90. The Balaban J connectivity index is 1.69. The fourth-order valence-electron chi connectivity index (χ4n) is 2.38. The smallest absolute Gasteiger partial charge is 0.247 e. The lowest BCUT2D eigenvalue weighted by molar-refractivity contribution is 0.128. The van der Waals surface area contributed by atoms with Crippen LogP contribution in [0.1, 0.15) is 17.2 Å². The van der Waals surface area contributed by atoms with E-state index in [-0.39, 0.29) is 0 Å². The highest BCUT2D eigenvalue weighted by Gasteiger charge is 2.14. The molecule has 0 radical (unpaired) electrons.